The highest BCUT2D eigenvalue weighted by Crippen LogP contribution is 2.32. The Bertz CT molecular complexity index is 960. The van der Waals surface area contributed by atoms with E-state index in [-0.39, 0.29) is 0 Å². The summed E-state index contributed by atoms with van der Waals surface area (Å²) in [5, 5.41) is 6.30. The number of aromatic nitrogens is 2. The number of hydrogen-bond donors (Lipinski definition) is 3. The summed E-state index contributed by atoms with van der Waals surface area (Å²) in [5.74, 6) is 1.21. The summed E-state index contributed by atoms with van der Waals surface area (Å²) >= 11 is 0. The Labute approximate surface area is 162 Å². The van der Waals surface area contributed by atoms with Gasteiger partial charge in [0.15, 0.2) is 11.6 Å². The highest BCUT2D eigenvalue weighted by molar-refractivity contribution is 5.90. The molecule has 0 fully saturated rings. The number of para-hydroxylation sites is 2. The number of nitrogens with one attached hydrogen (secondary N) is 2. The molecule has 0 aliphatic rings. The van der Waals surface area contributed by atoms with Crippen molar-refractivity contribution in [2.75, 3.05) is 30.1 Å². The molecule has 3 aromatic rings. The van der Waals surface area contributed by atoms with Gasteiger partial charge in [-0.25, -0.2) is 14.8 Å². The fourth-order valence-corrected chi connectivity index (χ4v) is 2.52. The second-order valence-electron chi connectivity index (χ2n) is 5.73. The number of nitrogens with two attached hydrogens (primary N) is 1. The Morgan fingerprint density at radius 2 is 1.71 bits per heavy atom. The molecule has 1 heterocycles. The van der Waals surface area contributed by atoms with E-state index in [2.05, 4.69) is 20.6 Å². The van der Waals surface area contributed by atoms with Gasteiger partial charge in [-0.1, -0.05) is 12.1 Å². The Hall–Kier alpha value is -3.81. The maximum atomic E-state index is 11.5. The van der Waals surface area contributed by atoms with Crippen LogP contribution in [0.3, 0.4) is 0 Å². The zero-order valence-corrected chi connectivity index (χ0v) is 15.6. The number of nitrogens with zero attached hydrogens (tertiary/aromatic N) is 2. The summed E-state index contributed by atoms with van der Waals surface area (Å²) in [5.41, 5.74) is 8.52. The molecule has 0 radical (unpaired) electrons. The third-order valence-corrected chi connectivity index (χ3v) is 3.89. The maximum absolute atomic E-state index is 11.5. The van der Waals surface area contributed by atoms with Gasteiger partial charge in [-0.2, -0.15) is 0 Å². The van der Waals surface area contributed by atoms with Crippen molar-refractivity contribution in [3.05, 3.63) is 60.4 Å². The van der Waals surface area contributed by atoms with E-state index in [1.54, 1.807) is 24.3 Å². The van der Waals surface area contributed by atoms with Gasteiger partial charge < -0.3 is 25.8 Å². The summed E-state index contributed by atoms with van der Waals surface area (Å²) in [6.07, 6.45) is 1.41. The van der Waals surface area contributed by atoms with Crippen molar-refractivity contribution in [2.24, 2.45) is 0 Å². The lowest BCUT2D eigenvalue weighted by molar-refractivity contribution is 0.0601. The predicted octanol–water partition coefficient (Wildman–Crippen LogP) is 3.73. The number of nitrogen functional groups attached to an aromatic ring is 1. The van der Waals surface area contributed by atoms with Crippen molar-refractivity contribution in [3.63, 3.8) is 0 Å². The van der Waals surface area contributed by atoms with Crippen LogP contribution in [-0.4, -0.2) is 29.7 Å². The molecule has 0 amide bonds. The number of rotatable bonds is 7. The molecule has 144 valence electrons. The monoisotopic (exact) mass is 379 g/mol. The molecule has 8 heteroatoms. The molecule has 0 bridgehead atoms. The summed E-state index contributed by atoms with van der Waals surface area (Å²) in [4.78, 5) is 19.9. The number of hydrogen-bond acceptors (Lipinski definition) is 8. The van der Waals surface area contributed by atoms with Crippen LogP contribution in [0.2, 0.25) is 0 Å². The first-order valence-electron chi connectivity index (χ1n) is 8.67. The number of ether oxygens (including phenoxy) is 2. The lowest BCUT2D eigenvalue weighted by Crippen LogP contribution is -2.06. The van der Waals surface area contributed by atoms with Gasteiger partial charge in [0.25, 0.3) is 0 Å². The average Bonchev–Trinajstić information content (AvgIpc) is 2.72. The van der Waals surface area contributed by atoms with Gasteiger partial charge in [-0.3, -0.25) is 0 Å². The van der Waals surface area contributed by atoms with Gasteiger partial charge in [-0.15, -0.1) is 0 Å². The second kappa shape index (κ2) is 8.72. The smallest absolute Gasteiger partial charge is 0.337 e. The molecule has 0 atom stereocenters. The molecule has 1 aromatic heterocycles. The van der Waals surface area contributed by atoms with Crippen molar-refractivity contribution in [2.45, 2.75) is 6.92 Å². The van der Waals surface area contributed by atoms with Crippen molar-refractivity contribution in [3.8, 4) is 5.75 Å². The first-order valence-corrected chi connectivity index (χ1v) is 8.67. The average molecular weight is 379 g/mol. The van der Waals surface area contributed by atoms with Crippen molar-refractivity contribution in [1.82, 2.24) is 9.97 Å². The maximum Gasteiger partial charge on any atom is 0.337 e. The van der Waals surface area contributed by atoms with Gasteiger partial charge in [0.1, 0.15) is 17.8 Å². The fraction of sp³-hybridized carbons (Fsp3) is 0.150. The minimum Gasteiger partial charge on any atom is -0.492 e. The number of methoxy groups -OCH3 is 1. The number of carbonyl (C=O) groups excluding carboxylic acids is 1. The molecule has 3 rings (SSSR count). The van der Waals surface area contributed by atoms with E-state index in [4.69, 9.17) is 15.2 Å². The molecule has 28 heavy (non-hydrogen) atoms. The Morgan fingerprint density at radius 3 is 2.39 bits per heavy atom. The van der Waals surface area contributed by atoms with Crippen LogP contribution in [0, 0.1) is 0 Å². The van der Waals surface area contributed by atoms with Crippen molar-refractivity contribution >= 4 is 34.7 Å². The van der Waals surface area contributed by atoms with Gasteiger partial charge in [-0.05, 0) is 43.3 Å². The number of anilines is 5. The highest BCUT2D eigenvalue weighted by atomic mass is 16.5. The third kappa shape index (κ3) is 4.29. The number of benzene rings is 2. The lowest BCUT2D eigenvalue weighted by atomic mass is 10.2. The molecule has 0 unspecified atom stereocenters. The summed E-state index contributed by atoms with van der Waals surface area (Å²) in [7, 11) is 1.34. The molecule has 2 aromatic carbocycles. The van der Waals surface area contributed by atoms with E-state index in [1.165, 1.54) is 13.4 Å². The topological polar surface area (TPSA) is 111 Å². The number of carbonyl (C=O) groups is 1. The molecule has 0 saturated carbocycles. The fourth-order valence-electron chi connectivity index (χ4n) is 2.52. The zero-order chi connectivity index (χ0) is 19.9. The van der Waals surface area contributed by atoms with E-state index in [0.29, 0.717) is 35.2 Å². The van der Waals surface area contributed by atoms with Crippen LogP contribution in [0.4, 0.5) is 28.7 Å². The predicted molar refractivity (Wildman–Crippen MR) is 108 cm³/mol. The number of esters is 1. The third-order valence-electron chi connectivity index (χ3n) is 3.89. The van der Waals surface area contributed by atoms with Crippen LogP contribution in [0.5, 0.6) is 5.75 Å². The molecule has 0 spiro atoms. The van der Waals surface area contributed by atoms with Gasteiger partial charge >= 0.3 is 5.97 Å². The Morgan fingerprint density at radius 1 is 1.04 bits per heavy atom. The normalized spacial score (nSPS) is 10.2. The van der Waals surface area contributed by atoms with Crippen LogP contribution in [0.15, 0.2) is 54.9 Å². The quantitative estimate of drug-likeness (QED) is 0.533. The summed E-state index contributed by atoms with van der Waals surface area (Å²) in [6.45, 7) is 2.47. The highest BCUT2D eigenvalue weighted by Gasteiger charge is 2.11. The van der Waals surface area contributed by atoms with E-state index in [9.17, 15) is 4.79 Å². The lowest BCUT2D eigenvalue weighted by Gasteiger charge is -2.15. The van der Waals surface area contributed by atoms with E-state index in [1.807, 2.05) is 31.2 Å². The molecular formula is C20H21N5O3. The van der Waals surface area contributed by atoms with Crippen molar-refractivity contribution < 1.29 is 14.3 Å². The second-order valence-corrected chi connectivity index (χ2v) is 5.73. The molecule has 4 N–H and O–H groups in total. The van der Waals surface area contributed by atoms with Crippen LogP contribution in [-0.2, 0) is 4.74 Å². The van der Waals surface area contributed by atoms with Crippen LogP contribution < -0.4 is 21.1 Å². The van der Waals surface area contributed by atoms with Gasteiger partial charge in [0.2, 0.25) is 0 Å². The van der Waals surface area contributed by atoms with Crippen molar-refractivity contribution in [1.29, 1.82) is 0 Å². The van der Waals surface area contributed by atoms with Crippen LogP contribution in [0.25, 0.3) is 0 Å². The molecule has 0 aliphatic carbocycles. The Balaban J connectivity index is 1.81. The standard InChI is InChI=1S/C20H21N5O3/c1-3-28-16-7-5-4-6-15(16)25-19-17(21)18(22-12-23-19)24-14-10-8-13(9-11-14)20(26)27-2/h4-12H,3,21H2,1-2H3,(H2,22,23,24,25). The minimum absolute atomic E-state index is 0.353. The van der Waals surface area contributed by atoms with Crippen LogP contribution in [0.1, 0.15) is 17.3 Å². The largest absolute Gasteiger partial charge is 0.492 e. The van der Waals surface area contributed by atoms with E-state index >= 15 is 0 Å². The summed E-state index contributed by atoms with van der Waals surface area (Å²) in [6, 6.07) is 14.3. The molecule has 0 aliphatic heterocycles. The first kappa shape index (κ1) is 19.0. The molecular weight excluding hydrogens is 358 g/mol. The zero-order valence-electron chi connectivity index (χ0n) is 15.6. The van der Waals surface area contributed by atoms with Gasteiger partial charge in [0.05, 0.1) is 25.0 Å². The summed E-state index contributed by atoms with van der Waals surface area (Å²) < 4.78 is 10.3. The first-order chi connectivity index (χ1) is 13.6. The molecule has 8 nitrogen and oxygen atoms in total. The Kier molecular flexibility index (Phi) is 5.91. The van der Waals surface area contributed by atoms with Crippen LogP contribution >= 0.6 is 0 Å². The van der Waals surface area contributed by atoms with Gasteiger partial charge in [0, 0.05) is 5.69 Å². The SMILES string of the molecule is CCOc1ccccc1Nc1ncnc(Nc2ccc(C(=O)OC)cc2)c1N. The molecule has 0 saturated heterocycles. The minimum atomic E-state index is -0.396. The van der Waals surface area contributed by atoms with E-state index < -0.39 is 5.97 Å². The van der Waals surface area contributed by atoms with E-state index in [0.717, 1.165) is 11.4 Å².